The topological polar surface area (TPSA) is 81.9 Å². The van der Waals surface area contributed by atoms with Gasteiger partial charge in [0.1, 0.15) is 5.75 Å². The number of aromatic nitrogens is 4. The second-order valence-corrected chi connectivity index (χ2v) is 9.16. The number of anilines is 1. The van der Waals surface area contributed by atoms with E-state index in [0.29, 0.717) is 16.1 Å². The van der Waals surface area contributed by atoms with Crippen molar-refractivity contribution in [2.75, 3.05) is 18.2 Å². The first kappa shape index (κ1) is 21.5. The Kier molecular flexibility index (Phi) is 6.69. The van der Waals surface area contributed by atoms with Crippen LogP contribution in [0.25, 0.3) is 22.6 Å². The number of halogens is 1. The normalized spacial score (nSPS) is 10.8. The van der Waals surface area contributed by atoms with Gasteiger partial charge in [0.05, 0.1) is 24.1 Å². The largest absolute Gasteiger partial charge is 0.496 e. The lowest BCUT2D eigenvalue weighted by molar-refractivity contribution is -0.113. The number of hydrogen-bond acceptors (Lipinski definition) is 7. The molecular weight excluding hydrogens is 498 g/mol. The molecule has 0 aliphatic rings. The SMILES string of the molecule is COc1ccccc1-c1nnc(SCC(=O)Nc2nc(-c3ccc(Br)cc3)cs2)n1C. The van der Waals surface area contributed by atoms with Crippen LogP contribution in [0.15, 0.2) is 63.5 Å². The molecule has 1 N–H and O–H groups in total. The predicted molar refractivity (Wildman–Crippen MR) is 128 cm³/mol. The monoisotopic (exact) mass is 515 g/mol. The minimum atomic E-state index is -0.149. The predicted octanol–water partition coefficient (Wildman–Crippen LogP) is 5.11. The first-order valence-electron chi connectivity index (χ1n) is 9.22. The minimum absolute atomic E-state index is 0.149. The molecule has 0 atom stereocenters. The number of methoxy groups -OCH3 is 1. The van der Waals surface area contributed by atoms with Crippen LogP contribution in [0.3, 0.4) is 0 Å². The van der Waals surface area contributed by atoms with Crippen molar-refractivity contribution in [3.63, 3.8) is 0 Å². The van der Waals surface area contributed by atoms with Crippen molar-refractivity contribution < 1.29 is 9.53 Å². The van der Waals surface area contributed by atoms with Gasteiger partial charge in [0.25, 0.3) is 0 Å². The van der Waals surface area contributed by atoms with E-state index in [2.05, 4.69) is 36.4 Å². The number of rotatable bonds is 7. The van der Waals surface area contributed by atoms with Crippen molar-refractivity contribution >= 4 is 50.1 Å². The van der Waals surface area contributed by atoms with Gasteiger partial charge in [-0.05, 0) is 24.3 Å². The van der Waals surface area contributed by atoms with Crippen molar-refractivity contribution in [2.24, 2.45) is 7.05 Å². The summed E-state index contributed by atoms with van der Waals surface area (Å²) in [6, 6.07) is 15.5. The number of nitrogens with zero attached hydrogens (tertiary/aromatic N) is 4. The first-order chi connectivity index (χ1) is 15.0. The average molecular weight is 516 g/mol. The Morgan fingerprint density at radius 1 is 1.19 bits per heavy atom. The van der Waals surface area contributed by atoms with Crippen LogP contribution in [0.1, 0.15) is 0 Å². The number of para-hydroxylation sites is 1. The maximum atomic E-state index is 12.4. The molecule has 0 aliphatic heterocycles. The Hall–Kier alpha value is -2.69. The molecule has 0 aliphatic carbocycles. The molecule has 4 aromatic rings. The highest BCUT2D eigenvalue weighted by Crippen LogP contribution is 2.30. The molecule has 0 saturated heterocycles. The number of nitrogens with one attached hydrogen (secondary N) is 1. The summed E-state index contributed by atoms with van der Waals surface area (Å²) < 4.78 is 8.27. The average Bonchev–Trinajstić information content (AvgIpc) is 3.39. The molecule has 4 rings (SSSR count). The quantitative estimate of drug-likeness (QED) is 0.344. The number of amides is 1. The zero-order chi connectivity index (χ0) is 21.8. The van der Waals surface area contributed by atoms with E-state index in [4.69, 9.17) is 4.74 Å². The lowest BCUT2D eigenvalue weighted by Gasteiger charge is -2.08. The molecule has 0 fully saturated rings. The number of thiazole rings is 1. The molecule has 31 heavy (non-hydrogen) atoms. The third-order valence-electron chi connectivity index (χ3n) is 4.41. The zero-order valence-corrected chi connectivity index (χ0v) is 19.9. The molecule has 0 unspecified atom stereocenters. The zero-order valence-electron chi connectivity index (χ0n) is 16.7. The van der Waals surface area contributed by atoms with E-state index in [1.165, 1.54) is 23.1 Å². The third kappa shape index (κ3) is 4.97. The van der Waals surface area contributed by atoms with Gasteiger partial charge in [-0.3, -0.25) is 4.79 Å². The number of hydrogen-bond donors (Lipinski definition) is 1. The summed E-state index contributed by atoms with van der Waals surface area (Å²) in [5, 5.41) is 14.5. The molecule has 2 aromatic carbocycles. The number of thioether (sulfide) groups is 1. The van der Waals surface area contributed by atoms with Crippen LogP contribution in [0.2, 0.25) is 0 Å². The van der Waals surface area contributed by atoms with Gasteiger partial charge >= 0.3 is 0 Å². The summed E-state index contributed by atoms with van der Waals surface area (Å²) in [5.74, 6) is 1.45. The van der Waals surface area contributed by atoms with Gasteiger partial charge in [0.15, 0.2) is 16.1 Å². The number of benzene rings is 2. The number of carbonyl (C=O) groups excluding carboxylic acids is 1. The molecule has 0 radical (unpaired) electrons. The van der Waals surface area contributed by atoms with Crippen molar-refractivity contribution in [1.29, 1.82) is 0 Å². The first-order valence-corrected chi connectivity index (χ1v) is 11.9. The molecule has 0 saturated carbocycles. The standard InChI is InChI=1S/C21H18BrN5O2S2/c1-27-19(15-5-3-4-6-17(15)29-2)25-26-21(27)31-12-18(28)24-20-23-16(11-30-20)13-7-9-14(22)10-8-13/h3-11H,12H2,1-2H3,(H,23,24,28). The maximum absolute atomic E-state index is 12.4. The number of ether oxygens (including phenoxy) is 1. The summed E-state index contributed by atoms with van der Waals surface area (Å²) in [6.07, 6.45) is 0. The Labute approximate surface area is 196 Å². The summed E-state index contributed by atoms with van der Waals surface area (Å²) in [7, 11) is 3.49. The van der Waals surface area contributed by atoms with Gasteiger partial charge in [-0.2, -0.15) is 0 Å². The summed E-state index contributed by atoms with van der Waals surface area (Å²) in [5.41, 5.74) is 2.67. The molecule has 158 valence electrons. The van der Waals surface area contributed by atoms with Gasteiger partial charge in [-0.15, -0.1) is 21.5 Å². The Bertz CT molecular complexity index is 1210. The highest BCUT2D eigenvalue weighted by atomic mass is 79.9. The van der Waals surface area contributed by atoms with E-state index in [-0.39, 0.29) is 11.7 Å². The summed E-state index contributed by atoms with van der Waals surface area (Å²) in [4.78, 5) is 16.9. The molecule has 0 spiro atoms. The van der Waals surface area contributed by atoms with Crippen LogP contribution in [-0.2, 0) is 11.8 Å². The van der Waals surface area contributed by atoms with Crippen LogP contribution in [0.4, 0.5) is 5.13 Å². The van der Waals surface area contributed by atoms with Crippen LogP contribution in [-0.4, -0.2) is 38.5 Å². The maximum Gasteiger partial charge on any atom is 0.236 e. The highest BCUT2D eigenvalue weighted by Gasteiger charge is 2.16. The van der Waals surface area contributed by atoms with E-state index in [1.807, 2.05) is 65.5 Å². The van der Waals surface area contributed by atoms with Crippen molar-refractivity contribution in [1.82, 2.24) is 19.7 Å². The van der Waals surface area contributed by atoms with Gasteiger partial charge < -0.3 is 14.6 Å². The fourth-order valence-electron chi connectivity index (χ4n) is 2.87. The summed E-state index contributed by atoms with van der Waals surface area (Å²) in [6.45, 7) is 0. The lowest BCUT2D eigenvalue weighted by Crippen LogP contribution is -2.14. The van der Waals surface area contributed by atoms with Crippen LogP contribution in [0, 0.1) is 0 Å². The van der Waals surface area contributed by atoms with Gasteiger partial charge in [-0.25, -0.2) is 4.98 Å². The molecule has 0 bridgehead atoms. The van der Waals surface area contributed by atoms with E-state index in [0.717, 1.165) is 27.0 Å². The molecule has 2 heterocycles. The number of carbonyl (C=O) groups is 1. The van der Waals surface area contributed by atoms with Gasteiger partial charge in [0, 0.05) is 22.5 Å². The van der Waals surface area contributed by atoms with Crippen LogP contribution >= 0.6 is 39.0 Å². The van der Waals surface area contributed by atoms with Crippen molar-refractivity contribution in [2.45, 2.75) is 5.16 Å². The van der Waals surface area contributed by atoms with Crippen LogP contribution < -0.4 is 10.1 Å². The van der Waals surface area contributed by atoms with E-state index in [9.17, 15) is 4.79 Å². The molecule has 10 heteroatoms. The van der Waals surface area contributed by atoms with E-state index >= 15 is 0 Å². The van der Waals surface area contributed by atoms with Gasteiger partial charge in [0.2, 0.25) is 5.91 Å². The Balaban J connectivity index is 1.39. The molecule has 7 nitrogen and oxygen atoms in total. The van der Waals surface area contributed by atoms with Crippen molar-refractivity contribution in [3.05, 3.63) is 58.4 Å². The minimum Gasteiger partial charge on any atom is -0.496 e. The smallest absolute Gasteiger partial charge is 0.236 e. The molecule has 2 aromatic heterocycles. The Morgan fingerprint density at radius 3 is 2.74 bits per heavy atom. The second-order valence-electron chi connectivity index (χ2n) is 6.45. The fraction of sp³-hybridized carbons (Fsp3) is 0.143. The molecular formula is C21H18BrN5O2S2. The Morgan fingerprint density at radius 2 is 1.97 bits per heavy atom. The van der Waals surface area contributed by atoms with E-state index < -0.39 is 0 Å². The van der Waals surface area contributed by atoms with E-state index in [1.54, 1.807) is 7.11 Å². The van der Waals surface area contributed by atoms with Crippen molar-refractivity contribution in [3.8, 4) is 28.4 Å². The van der Waals surface area contributed by atoms with Gasteiger partial charge in [-0.1, -0.05) is 52.0 Å². The molecule has 1 amide bonds. The summed E-state index contributed by atoms with van der Waals surface area (Å²) >= 11 is 6.14. The van der Waals surface area contributed by atoms with Crippen LogP contribution in [0.5, 0.6) is 5.75 Å². The third-order valence-corrected chi connectivity index (χ3v) is 6.71. The fourth-order valence-corrected chi connectivity index (χ4v) is 4.59. The second kappa shape index (κ2) is 9.63. The lowest BCUT2D eigenvalue weighted by atomic mass is 10.2. The highest BCUT2D eigenvalue weighted by molar-refractivity contribution is 9.10.